The maximum absolute atomic E-state index is 12.7. The molecule has 0 saturated carbocycles. The summed E-state index contributed by atoms with van der Waals surface area (Å²) in [4.78, 5) is 17.2. The van der Waals surface area contributed by atoms with E-state index >= 15 is 0 Å². The SMILES string of the molecule is CCc1nc2ccc(C)cn2c1C(=O)NCCOc1ccc(OC)cc1. The van der Waals surface area contributed by atoms with Crippen molar-refractivity contribution in [2.75, 3.05) is 20.3 Å². The summed E-state index contributed by atoms with van der Waals surface area (Å²) in [6, 6.07) is 11.3. The van der Waals surface area contributed by atoms with Gasteiger partial charge in [-0.05, 0) is 49.2 Å². The maximum Gasteiger partial charge on any atom is 0.270 e. The molecule has 0 unspecified atom stereocenters. The second-order valence-electron chi connectivity index (χ2n) is 5.98. The number of benzene rings is 1. The first kappa shape index (κ1) is 17.8. The minimum Gasteiger partial charge on any atom is -0.497 e. The molecule has 136 valence electrons. The standard InChI is InChI=1S/C20H23N3O3/c1-4-17-19(23-13-14(2)5-10-18(23)22-17)20(24)21-11-12-26-16-8-6-15(25-3)7-9-16/h5-10,13H,4,11-12H2,1-3H3,(H,21,24). The first-order chi connectivity index (χ1) is 12.6. The van der Waals surface area contributed by atoms with Gasteiger partial charge in [0, 0.05) is 6.20 Å². The quantitative estimate of drug-likeness (QED) is 0.663. The van der Waals surface area contributed by atoms with E-state index in [-0.39, 0.29) is 5.91 Å². The third-order valence-electron chi connectivity index (χ3n) is 4.10. The van der Waals surface area contributed by atoms with E-state index in [2.05, 4.69) is 10.3 Å². The number of nitrogens with zero attached hydrogens (tertiary/aromatic N) is 2. The van der Waals surface area contributed by atoms with Crippen LogP contribution in [-0.2, 0) is 6.42 Å². The number of hydrogen-bond donors (Lipinski definition) is 1. The highest BCUT2D eigenvalue weighted by molar-refractivity contribution is 5.94. The molecule has 1 N–H and O–H groups in total. The van der Waals surface area contributed by atoms with Crippen LogP contribution in [0.1, 0.15) is 28.7 Å². The number of fused-ring (bicyclic) bond motifs is 1. The van der Waals surface area contributed by atoms with Gasteiger partial charge in [-0.15, -0.1) is 0 Å². The van der Waals surface area contributed by atoms with Crippen LogP contribution >= 0.6 is 0 Å². The van der Waals surface area contributed by atoms with Crippen molar-refractivity contribution in [3.8, 4) is 11.5 Å². The Balaban J connectivity index is 1.62. The van der Waals surface area contributed by atoms with E-state index in [0.717, 1.165) is 28.4 Å². The number of aryl methyl sites for hydroxylation is 2. The lowest BCUT2D eigenvalue weighted by molar-refractivity contribution is 0.0940. The molecule has 6 heteroatoms. The predicted octanol–water partition coefficient (Wildman–Crippen LogP) is 3.02. The summed E-state index contributed by atoms with van der Waals surface area (Å²) in [6.07, 6.45) is 2.64. The van der Waals surface area contributed by atoms with Gasteiger partial charge in [-0.1, -0.05) is 13.0 Å². The van der Waals surface area contributed by atoms with Crippen LogP contribution in [-0.4, -0.2) is 35.6 Å². The van der Waals surface area contributed by atoms with E-state index < -0.39 is 0 Å². The van der Waals surface area contributed by atoms with Crippen molar-refractivity contribution in [2.24, 2.45) is 0 Å². The normalized spacial score (nSPS) is 10.7. The van der Waals surface area contributed by atoms with Crippen molar-refractivity contribution < 1.29 is 14.3 Å². The molecule has 3 aromatic rings. The van der Waals surface area contributed by atoms with Crippen molar-refractivity contribution in [1.29, 1.82) is 0 Å². The van der Waals surface area contributed by atoms with Gasteiger partial charge in [-0.25, -0.2) is 4.98 Å². The molecular formula is C20H23N3O3. The number of methoxy groups -OCH3 is 1. The van der Waals surface area contributed by atoms with Crippen LogP contribution in [0.15, 0.2) is 42.6 Å². The number of carbonyl (C=O) groups excluding carboxylic acids is 1. The van der Waals surface area contributed by atoms with E-state index in [9.17, 15) is 4.79 Å². The average Bonchev–Trinajstić information content (AvgIpc) is 3.03. The molecule has 0 fully saturated rings. The number of hydrogen-bond acceptors (Lipinski definition) is 4. The van der Waals surface area contributed by atoms with Crippen molar-refractivity contribution in [3.05, 3.63) is 59.5 Å². The van der Waals surface area contributed by atoms with Crippen LogP contribution < -0.4 is 14.8 Å². The largest absolute Gasteiger partial charge is 0.497 e. The van der Waals surface area contributed by atoms with E-state index in [1.54, 1.807) is 7.11 Å². The lowest BCUT2D eigenvalue weighted by atomic mass is 10.2. The van der Waals surface area contributed by atoms with Crippen LogP contribution in [0.3, 0.4) is 0 Å². The van der Waals surface area contributed by atoms with Crippen molar-refractivity contribution in [2.45, 2.75) is 20.3 Å². The summed E-state index contributed by atoms with van der Waals surface area (Å²) >= 11 is 0. The number of nitrogens with one attached hydrogen (secondary N) is 1. The zero-order valence-electron chi connectivity index (χ0n) is 15.3. The first-order valence-electron chi connectivity index (χ1n) is 8.65. The molecule has 0 atom stereocenters. The fraction of sp³-hybridized carbons (Fsp3) is 0.300. The molecule has 1 amide bonds. The van der Waals surface area contributed by atoms with Gasteiger partial charge in [0.15, 0.2) is 0 Å². The van der Waals surface area contributed by atoms with Gasteiger partial charge < -0.3 is 14.8 Å². The van der Waals surface area contributed by atoms with Crippen molar-refractivity contribution in [1.82, 2.24) is 14.7 Å². The Kier molecular flexibility index (Phi) is 5.41. The van der Waals surface area contributed by atoms with Gasteiger partial charge in [0.25, 0.3) is 5.91 Å². The van der Waals surface area contributed by atoms with E-state index in [4.69, 9.17) is 9.47 Å². The van der Waals surface area contributed by atoms with Crippen LogP contribution in [0.25, 0.3) is 5.65 Å². The molecule has 26 heavy (non-hydrogen) atoms. The molecule has 3 rings (SSSR count). The van der Waals surface area contributed by atoms with Gasteiger partial charge in [0.05, 0.1) is 19.3 Å². The summed E-state index contributed by atoms with van der Waals surface area (Å²) in [5.74, 6) is 1.37. The Bertz CT molecular complexity index is 901. The van der Waals surface area contributed by atoms with Crippen LogP contribution in [0.2, 0.25) is 0 Å². The van der Waals surface area contributed by atoms with Gasteiger partial charge in [-0.3, -0.25) is 9.20 Å². The Morgan fingerprint density at radius 1 is 1.15 bits per heavy atom. The summed E-state index contributed by atoms with van der Waals surface area (Å²) in [7, 11) is 1.62. The van der Waals surface area contributed by atoms with E-state index in [1.807, 2.05) is 60.8 Å². The average molecular weight is 353 g/mol. The molecule has 0 aliphatic rings. The highest BCUT2D eigenvalue weighted by Crippen LogP contribution is 2.17. The van der Waals surface area contributed by atoms with Crippen LogP contribution in [0.5, 0.6) is 11.5 Å². The Morgan fingerprint density at radius 3 is 2.58 bits per heavy atom. The summed E-state index contributed by atoms with van der Waals surface area (Å²) in [6.45, 7) is 4.79. The molecule has 0 bridgehead atoms. The summed E-state index contributed by atoms with van der Waals surface area (Å²) in [5.41, 5.74) is 3.25. The number of amides is 1. The minimum atomic E-state index is -0.140. The molecule has 0 aliphatic carbocycles. The molecule has 2 aromatic heterocycles. The van der Waals surface area contributed by atoms with Crippen LogP contribution in [0.4, 0.5) is 0 Å². The van der Waals surface area contributed by atoms with Crippen molar-refractivity contribution in [3.63, 3.8) is 0 Å². The third kappa shape index (κ3) is 3.79. The topological polar surface area (TPSA) is 64.9 Å². The van der Waals surface area contributed by atoms with Gasteiger partial charge in [-0.2, -0.15) is 0 Å². The first-order valence-corrected chi connectivity index (χ1v) is 8.65. The highest BCUT2D eigenvalue weighted by atomic mass is 16.5. The summed E-state index contributed by atoms with van der Waals surface area (Å²) in [5, 5.41) is 2.91. The highest BCUT2D eigenvalue weighted by Gasteiger charge is 2.17. The van der Waals surface area contributed by atoms with Crippen LogP contribution in [0, 0.1) is 6.92 Å². The minimum absolute atomic E-state index is 0.140. The second kappa shape index (κ2) is 7.91. The fourth-order valence-electron chi connectivity index (χ4n) is 2.78. The molecule has 0 spiro atoms. The number of imidazole rings is 1. The molecule has 0 radical (unpaired) electrons. The predicted molar refractivity (Wildman–Crippen MR) is 100 cm³/mol. The Morgan fingerprint density at radius 2 is 1.88 bits per heavy atom. The maximum atomic E-state index is 12.7. The fourth-order valence-corrected chi connectivity index (χ4v) is 2.78. The molecule has 0 aliphatic heterocycles. The lowest BCUT2D eigenvalue weighted by Crippen LogP contribution is -2.29. The van der Waals surface area contributed by atoms with Gasteiger partial charge >= 0.3 is 0 Å². The Labute approximate surface area is 152 Å². The molecule has 0 saturated heterocycles. The van der Waals surface area contributed by atoms with E-state index in [1.165, 1.54) is 0 Å². The zero-order valence-corrected chi connectivity index (χ0v) is 15.3. The molecule has 1 aromatic carbocycles. The van der Waals surface area contributed by atoms with Crippen molar-refractivity contribution >= 4 is 11.6 Å². The number of ether oxygens (including phenoxy) is 2. The lowest BCUT2D eigenvalue weighted by Gasteiger charge is -2.09. The van der Waals surface area contributed by atoms with Gasteiger partial charge in [0.1, 0.15) is 29.4 Å². The molecule has 2 heterocycles. The number of aromatic nitrogens is 2. The summed E-state index contributed by atoms with van der Waals surface area (Å²) < 4.78 is 12.6. The Hall–Kier alpha value is -3.02. The second-order valence-corrected chi connectivity index (χ2v) is 5.98. The zero-order chi connectivity index (χ0) is 18.5. The number of pyridine rings is 1. The number of carbonyl (C=O) groups is 1. The monoisotopic (exact) mass is 353 g/mol. The molecule has 6 nitrogen and oxygen atoms in total. The molecular weight excluding hydrogens is 330 g/mol. The smallest absolute Gasteiger partial charge is 0.270 e. The number of rotatable bonds is 7. The van der Waals surface area contributed by atoms with E-state index in [0.29, 0.717) is 25.3 Å². The third-order valence-corrected chi connectivity index (χ3v) is 4.10. The van der Waals surface area contributed by atoms with Gasteiger partial charge in [0.2, 0.25) is 0 Å².